The van der Waals surface area contributed by atoms with Crippen LogP contribution in [0.3, 0.4) is 0 Å². The van der Waals surface area contributed by atoms with Gasteiger partial charge in [-0.3, -0.25) is 9.69 Å². The van der Waals surface area contributed by atoms with Crippen molar-refractivity contribution in [3.63, 3.8) is 0 Å². The predicted octanol–water partition coefficient (Wildman–Crippen LogP) is 4.07. The number of hydrogen-bond donors (Lipinski definition) is 0. The van der Waals surface area contributed by atoms with Crippen LogP contribution in [0.2, 0.25) is 0 Å². The molecular formula is C24H30N4O3S2. The molecule has 3 aromatic rings. The highest BCUT2D eigenvalue weighted by atomic mass is 32.2. The summed E-state index contributed by atoms with van der Waals surface area (Å²) in [5, 5.41) is 0.657. The van der Waals surface area contributed by atoms with Gasteiger partial charge in [-0.2, -0.15) is 4.31 Å². The second-order valence-corrected chi connectivity index (χ2v) is 11.5. The molecule has 0 atom stereocenters. The zero-order valence-electron chi connectivity index (χ0n) is 19.1. The number of aromatic nitrogens is 1. The van der Waals surface area contributed by atoms with E-state index in [1.54, 1.807) is 33.5 Å². The predicted molar refractivity (Wildman–Crippen MR) is 134 cm³/mol. The third kappa shape index (κ3) is 5.43. The number of carbonyl (C=O) groups excluding carboxylic acids is 1. The number of benzene rings is 2. The van der Waals surface area contributed by atoms with Crippen LogP contribution in [0, 0.1) is 0 Å². The molecule has 1 aliphatic heterocycles. The lowest BCUT2D eigenvalue weighted by Gasteiger charge is -2.26. The van der Waals surface area contributed by atoms with Crippen molar-refractivity contribution in [1.29, 1.82) is 0 Å². The van der Waals surface area contributed by atoms with E-state index >= 15 is 0 Å². The van der Waals surface area contributed by atoms with Gasteiger partial charge in [0.25, 0.3) is 5.91 Å². The lowest BCUT2D eigenvalue weighted by molar-refractivity contribution is 0.0986. The Labute approximate surface area is 199 Å². The van der Waals surface area contributed by atoms with E-state index in [0.717, 1.165) is 42.4 Å². The summed E-state index contributed by atoms with van der Waals surface area (Å²) in [4.78, 5) is 22.2. The van der Waals surface area contributed by atoms with Gasteiger partial charge in [0.1, 0.15) is 0 Å². The summed E-state index contributed by atoms with van der Waals surface area (Å²) in [5.74, 6) is -0.172. The second-order valence-electron chi connectivity index (χ2n) is 8.57. The SMILES string of the molecule is CN(C)CCCN(C(=O)c1ccc(S(=O)(=O)N2CCCCC2)cc1)c1nc2ccccc2s1. The molecule has 0 radical (unpaired) electrons. The van der Waals surface area contributed by atoms with Crippen LogP contribution < -0.4 is 4.90 Å². The average Bonchev–Trinajstić information content (AvgIpc) is 3.26. The first-order chi connectivity index (χ1) is 15.9. The van der Waals surface area contributed by atoms with Crippen LogP contribution in [0.1, 0.15) is 36.0 Å². The molecule has 0 saturated carbocycles. The number of nitrogens with zero attached hydrogens (tertiary/aromatic N) is 4. The van der Waals surface area contributed by atoms with Gasteiger partial charge in [-0.25, -0.2) is 13.4 Å². The van der Waals surface area contributed by atoms with E-state index in [4.69, 9.17) is 0 Å². The average molecular weight is 487 g/mol. The lowest BCUT2D eigenvalue weighted by atomic mass is 10.2. The maximum atomic E-state index is 13.5. The van der Waals surface area contributed by atoms with Gasteiger partial charge in [0.2, 0.25) is 10.0 Å². The van der Waals surface area contributed by atoms with Crippen LogP contribution in [0.15, 0.2) is 53.4 Å². The summed E-state index contributed by atoms with van der Waals surface area (Å²) in [6.07, 6.45) is 3.64. The number of thiazole rings is 1. The van der Waals surface area contributed by atoms with Gasteiger partial charge in [-0.1, -0.05) is 29.9 Å². The van der Waals surface area contributed by atoms with Gasteiger partial charge in [0.15, 0.2) is 5.13 Å². The van der Waals surface area contributed by atoms with Crippen molar-refractivity contribution in [3.8, 4) is 0 Å². The molecular weight excluding hydrogens is 456 g/mol. The van der Waals surface area contributed by atoms with E-state index < -0.39 is 10.0 Å². The standard InChI is InChI=1S/C24H30N4O3S2/c1-26(2)15-8-18-28(24-25-21-9-4-5-10-22(21)32-24)23(29)19-11-13-20(14-12-19)33(30,31)27-16-6-3-7-17-27/h4-5,9-14H,3,6-8,15-18H2,1-2H3. The number of rotatable bonds is 8. The Balaban J connectivity index is 1.58. The van der Waals surface area contributed by atoms with Crippen molar-refractivity contribution < 1.29 is 13.2 Å². The Morgan fingerprint density at radius 2 is 1.70 bits per heavy atom. The van der Waals surface area contributed by atoms with Crippen molar-refractivity contribution in [2.75, 3.05) is 45.2 Å². The molecule has 1 amide bonds. The fraction of sp³-hybridized carbons (Fsp3) is 0.417. The van der Waals surface area contributed by atoms with Gasteiger partial charge in [-0.05, 0) is 76.3 Å². The van der Waals surface area contributed by atoms with Crippen molar-refractivity contribution in [2.24, 2.45) is 0 Å². The highest BCUT2D eigenvalue weighted by Crippen LogP contribution is 2.30. The minimum absolute atomic E-state index is 0.172. The van der Waals surface area contributed by atoms with Gasteiger partial charge >= 0.3 is 0 Å². The van der Waals surface area contributed by atoms with Crippen LogP contribution >= 0.6 is 11.3 Å². The Kier molecular flexibility index (Phi) is 7.43. The molecule has 1 saturated heterocycles. The third-order valence-corrected chi connectivity index (χ3v) is 8.77. The number of para-hydroxylation sites is 1. The summed E-state index contributed by atoms with van der Waals surface area (Å²) >= 11 is 1.49. The molecule has 1 fully saturated rings. The maximum absolute atomic E-state index is 13.5. The number of fused-ring (bicyclic) bond motifs is 1. The number of amides is 1. The fourth-order valence-electron chi connectivity index (χ4n) is 3.98. The van der Waals surface area contributed by atoms with Crippen LogP contribution in [0.25, 0.3) is 10.2 Å². The number of hydrogen-bond acceptors (Lipinski definition) is 6. The summed E-state index contributed by atoms with van der Waals surface area (Å²) in [6, 6.07) is 14.2. The van der Waals surface area contributed by atoms with Crippen molar-refractivity contribution in [1.82, 2.24) is 14.2 Å². The Hall–Kier alpha value is -2.33. The van der Waals surface area contributed by atoms with Crippen molar-refractivity contribution >= 4 is 42.6 Å². The molecule has 0 spiro atoms. The first kappa shape index (κ1) is 23.8. The minimum Gasteiger partial charge on any atom is -0.309 e. The van der Waals surface area contributed by atoms with E-state index in [0.29, 0.717) is 30.3 Å². The zero-order chi connectivity index (χ0) is 23.4. The van der Waals surface area contributed by atoms with E-state index in [2.05, 4.69) is 9.88 Å². The Morgan fingerprint density at radius 1 is 1.00 bits per heavy atom. The number of carbonyl (C=O) groups is 1. The first-order valence-corrected chi connectivity index (χ1v) is 13.5. The second kappa shape index (κ2) is 10.3. The summed E-state index contributed by atoms with van der Waals surface area (Å²) < 4.78 is 28.5. The molecule has 0 bridgehead atoms. The number of piperidine rings is 1. The molecule has 0 aliphatic carbocycles. The number of sulfonamides is 1. The van der Waals surface area contributed by atoms with Crippen molar-refractivity contribution in [3.05, 3.63) is 54.1 Å². The zero-order valence-corrected chi connectivity index (χ0v) is 20.7. The lowest BCUT2D eigenvalue weighted by Crippen LogP contribution is -2.35. The maximum Gasteiger partial charge on any atom is 0.260 e. The van der Waals surface area contributed by atoms with Gasteiger partial charge < -0.3 is 4.90 Å². The van der Waals surface area contributed by atoms with Gasteiger partial charge in [0, 0.05) is 25.2 Å². The third-order valence-electron chi connectivity index (χ3n) is 5.80. The van der Waals surface area contributed by atoms with E-state index in [1.807, 2.05) is 38.4 Å². The molecule has 176 valence electrons. The van der Waals surface area contributed by atoms with E-state index in [1.165, 1.54) is 11.3 Å². The molecule has 1 aromatic heterocycles. The largest absolute Gasteiger partial charge is 0.309 e. The van der Waals surface area contributed by atoms with Crippen LogP contribution in [0.4, 0.5) is 5.13 Å². The molecule has 33 heavy (non-hydrogen) atoms. The summed E-state index contributed by atoms with van der Waals surface area (Å²) in [6.45, 7) is 2.49. The monoisotopic (exact) mass is 486 g/mol. The molecule has 2 heterocycles. The van der Waals surface area contributed by atoms with Crippen LogP contribution in [-0.2, 0) is 10.0 Å². The topological polar surface area (TPSA) is 73.8 Å². The van der Waals surface area contributed by atoms with Crippen LogP contribution in [-0.4, -0.2) is 68.8 Å². The van der Waals surface area contributed by atoms with Gasteiger partial charge in [0.05, 0.1) is 15.1 Å². The van der Waals surface area contributed by atoms with E-state index in [9.17, 15) is 13.2 Å². The van der Waals surface area contributed by atoms with E-state index in [-0.39, 0.29) is 10.8 Å². The number of anilines is 1. The fourth-order valence-corrected chi connectivity index (χ4v) is 6.49. The first-order valence-electron chi connectivity index (χ1n) is 11.3. The smallest absolute Gasteiger partial charge is 0.260 e. The molecule has 2 aromatic carbocycles. The Bertz CT molecular complexity index is 1170. The summed E-state index contributed by atoms with van der Waals surface area (Å²) in [5.41, 5.74) is 1.32. The summed E-state index contributed by atoms with van der Waals surface area (Å²) in [7, 11) is 0.485. The molecule has 9 heteroatoms. The molecule has 1 aliphatic rings. The quantitative estimate of drug-likeness (QED) is 0.480. The minimum atomic E-state index is -3.53. The van der Waals surface area contributed by atoms with Gasteiger partial charge in [-0.15, -0.1) is 0 Å². The molecule has 0 N–H and O–H groups in total. The Morgan fingerprint density at radius 3 is 2.36 bits per heavy atom. The molecule has 7 nitrogen and oxygen atoms in total. The molecule has 0 unspecified atom stereocenters. The highest BCUT2D eigenvalue weighted by Gasteiger charge is 2.27. The highest BCUT2D eigenvalue weighted by molar-refractivity contribution is 7.89. The molecule has 4 rings (SSSR count). The van der Waals surface area contributed by atoms with Crippen molar-refractivity contribution in [2.45, 2.75) is 30.6 Å². The normalized spacial score (nSPS) is 15.2. The van der Waals surface area contributed by atoms with Crippen LogP contribution in [0.5, 0.6) is 0 Å².